The van der Waals surface area contributed by atoms with Crippen LogP contribution in [-0.4, -0.2) is 0 Å². The molecule has 0 bridgehead atoms. The lowest BCUT2D eigenvalue weighted by atomic mass is 9.81. The van der Waals surface area contributed by atoms with Gasteiger partial charge in [0.05, 0.1) is 0 Å². The molecule has 0 heterocycles. The van der Waals surface area contributed by atoms with Crippen molar-refractivity contribution in [3.8, 4) is 22.3 Å². The second kappa shape index (κ2) is 16.7. The summed E-state index contributed by atoms with van der Waals surface area (Å²) in [5.41, 5.74) is 4.36. The van der Waals surface area contributed by atoms with E-state index in [0.29, 0.717) is 94.4 Å². The molecule has 1 aliphatic carbocycles. The van der Waals surface area contributed by atoms with Crippen molar-refractivity contribution in [3.05, 3.63) is 246 Å². The van der Waals surface area contributed by atoms with Crippen LogP contribution in [0.1, 0.15) is 23.1 Å². The molecule has 0 N–H and O–H groups in total. The van der Waals surface area contributed by atoms with Gasteiger partial charge in [-0.2, -0.15) is 0 Å². The van der Waals surface area contributed by atoms with E-state index in [0.717, 1.165) is 17.7 Å². The van der Waals surface area contributed by atoms with Crippen LogP contribution in [0.5, 0.6) is 0 Å². The summed E-state index contributed by atoms with van der Waals surface area (Å²) < 4.78 is 93.8. The number of rotatable bonds is 9. The number of halogens is 4. The van der Waals surface area contributed by atoms with Crippen molar-refractivity contribution in [1.29, 1.82) is 0 Å². The topological polar surface area (TPSA) is 34.1 Å². The number of benzene rings is 9. The minimum absolute atomic E-state index is 0.309. The molecule has 9 aromatic rings. The Hall–Kier alpha value is -6.84. The molecule has 0 radical (unpaired) electrons. The van der Waals surface area contributed by atoms with Gasteiger partial charge in [-0.15, -0.1) is 0 Å². The van der Waals surface area contributed by atoms with E-state index in [9.17, 15) is 0 Å². The van der Waals surface area contributed by atoms with E-state index in [1.165, 1.54) is 24.3 Å². The lowest BCUT2D eigenvalue weighted by Gasteiger charge is -2.31. The Labute approximate surface area is 369 Å². The van der Waals surface area contributed by atoms with Crippen molar-refractivity contribution >= 4 is 62.5 Å². The third kappa shape index (κ3) is 7.08. The van der Waals surface area contributed by atoms with Crippen LogP contribution in [0.3, 0.4) is 0 Å². The van der Waals surface area contributed by atoms with E-state index in [2.05, 4.69) is 0 Å². The predicted octanol–water partition coefficient (Wildman–Crippen LogP) is 12.4. The van der Waals surface area contributed by atoms with E-state index >= 15 is 26.7 Å². The number of allylic oxidation sites excluding steroid dienone is 1. The second-order valence-corrected chi connectivity index (χ2v) is 21.3. The summed E-state index contributed by atoms with van der Waals surface area (Å²) in [5.74, 6) is -2.91. The first-order chi connectivity index (χ1) is 31.1. The fourth-order valence-electron chi connectivity index (χ4n) is 9.38. The molecule has 2 nitrogen and oxygen atoms in total. The summed E-state index contributed by atoms with van der Waals surface area (Å²) in [7, 11) is -7.69. The van der Waals surface area contributed by atoms with E-state index in [-0.39, 0.29) is 0 Å². The normalized spacial score (nSPS) is 12.8. The molecule has 312 valence electrons. The quantitative estimate of drug-likeness (QED) is 0.107. The van der Waals surface area contributed by atoms with Gasteiger partial charge in [0.1, 0.15) is 23.3 Å². The van der Waals surface area contributed by atoms with Crippen LogP contribution in [0.4, 0.5) is 17.6 Å². The Bertz CT molecular complexity index is 3250. The highest BCUT2D eigenvalue weighted by molar-refractivity contribution is 7.86. The van der Waals surface area contributed by atoms with Crippen LogP contribution in [0, 0.1) is 23.3 Å². The van der Waals surface area contributed by atoms with Crippen LogP contribution in [0.25, 0.3) is 38.6 Å². The summed E-state index contributed by atoms with van der Waals surface area (Å²) >= 11 is 0. The molecule has 0 atom stereocenters. The molecule has 1 aliphatic rings. The Morgan fingerprint density at radius 1 is 0.375 bits per heavy atom. The van der Waals surface area contributed by atoms with Crippen LogP contribution in [0.15, 0.2) is 206 Å². The van der Waals surface area contributed by atoms with Gasteiger partial charge in [0, 0.05) is 49.5 Å². The van der Waals surface area contributed by atoms with Gasteiger partial charge in [0.25, 0.3) is 0 Å². The molecule has 0 saturated carbocycles. The van der Waals surface area contributed by atoms with Crippen LogP contribution >= 0.6 is 14.3 Å². The Morgan fingerprint density at radius 3 is 1.30 bits per heavy atom. The summed E-state index contributed by atoms with van der Waals surface area (Å²) in [6.45, 7) is 0. The van der Waals surface area contributed by atoms with Crippen LogP contribution < -0.4 is 31.8 Å². The number of fused-ring (bicyclic) bond motifs is 2. The smallest absolute Gasteiger partial charge is 0.171 e. The molecule has 8 heteroatoms. The number of hydrogen-bond donors (Lipinski definition) is 0. The van der Waals surface area contributed by atoms with Gasteiger partial charge in [-0.05, 0) is 99.0 Å². The van der Waals surface area contributed by atoms with Gasteiger partial charge in [0.2, 0.25) is 0 Å². The Balaban J connectivity index is 1.42. The lowest BCUT2D eigenvalue weighted by Crippen LogP contribution is -2.31. The van der Waals surface area contributed by atoms with E-state index in [1.54, 1.807) is 6.07 Å². The lowest BCUT2D eigenvalue weighted by molar-refractivity contribution is 0.582. The molecular weight excluding hydrogens is 843 g/mol. The molecule has 10 rings (SSSR count). The molecule has 64 heavy (non-hydrogen) atoms. The van der Waals surface area contributed by atoms with Gasteiger partial charge in [-0.1, -0.05) is 158 Å². The molecule has 0 aliphatic heterocycles. The van der Waals surface area contributed by atoms with Gasteiger partial charge in [-0.3, -0.25) is 0 Å². The SMILES string of the molecule is O=P(c1ccccc1)(c1ccccc1)c1ccc2c(c1-c1c(P(=O)(c3ccccc3)c3ccccc3)ccc3c(-c4cc(F)cc(F)c4)cccc13)CCC=C2c1cc(F)cc(F)c1. The third-order valence-corrected chi connectivity index (χ3v) is 18.3. The van der Waals surface area contributed by atoms with Crippen molar-refractivity contribution in [2.75, 3.05) is 0 Å². The first-order valence-electron chi connectivity index (χ1n) is 20.9. The highest BCUT2D eigenvalue weighted by Crippen LogP contribution is 2.53. The predicted molar refractivity (Wildman–Crippen MR) is 255 cm³/mol. The van der Waals surface area contributed by atoms with Crippen molar-refractivity contribution in [3.63, 3.8) is 0 Å². The van der Waals surface area contributed by atoms with Gasteiger partial charge in [-0.25, -0.2) is 17.6 Å². The Morgan fingerprint density at radius 2 is 0.812 bits per heavy atom. The first-order valence-corrected chi connectivity index (χ1v) is 24.3. The maximum atomic E-state index is 16.9. The number of hydrogen-bond acceptors (Lipinski definition) is 2. The van der Waals surface area contributed by atoms with Crippen LogP contribution in [0.2, 0.25) is 0 Å². The summed E-state index contributed by atoms with van der Waals surface area (Å²) in [6, 6.07) is 57.0. The zero-order valence-corrected chi connectivity index (χ0v) is 36.1. The van der Waals surface area contributed by atoms with Gasteiger partial charge < -0.3 is 9.13 Å². The minimum atomic E-state index is -3.85. The molecule has 0 aromatic heterocycles. The average Bonchev–Trinajstić information content (AvgIpc) is 3.33. The van der Waals surface area contributed by atoms with Gasteiger partial charge >= 0.3 is 0 Å². The standard InChI is InChI=1S/C56H38F4O2P2/c57-39-31-37(32-40(58)35-39)47-23-13-25-51-49(47)27-29-53(63(61,43-15-5-1-6-16-43)44-17-7-2-8-18-44)55(51)56-52-26-14-24-48(38-33-41(59)36-42(60)34-38)50(52)28-30-54(56)64(62,45-19-9-3-10-20-45)46-21-11-4-12-22-46/h1-13,15-25,27-36H,14,26H2. The van der Waals surface area contributed by atoms with Gasteiger partial charge in [0.15, 0.2) is 14.3 Å². The minimum Gasteiger partial charge on any atom is -0.309 e. The summed E-state index contributed by atoms with van der Waals surface area (Å²) in [6.07, 6.45) is 2.88. The monoisotopic (exact) mass is 880 g/mol. The van der Waals surface area contributed by atoms with Crippen molar-refractivity contribution in [1.82, 2.24) is 0 Å². The highest BCUT2D eigenvalue weighted by atomic mass is 31.2. The second-order valence-electron chi connectivity index (χ2n) is 15.9. The first kappa shape index (κ1) is 41.2. The van der Waals surface area contributed by atoms with E-state index in [1.807, 2.05) is 164 Å². The zero-order valence-electron chi connectivity index (χ0n) is 34.3. The fourth-order valence-corrected chi connectivity index (χ4v) is 15.1. The van der Waals surface area contributed by atoms with Crippen LogP contribution in [-0.2, 0) is 15.6 Å². The highest BCUT2D eigenvalue weighted by Gasteiger charge is 2.39. The molecule has 0 amide bonds. The molecule has 0 unspecified atom stereocenters. The maximum absolute atomic E-state index is 16.9. The van der Waals surface area contributed by atoms with E-state index in [4.69, 9.17) is 0 Å². The average molecular weight is 881 g/mol. The molecule has 0 fully saturated rings. The third-order valence-electron chi connectivity index (χ3n) is 12.1. The largest absolute Gasteiger partial charge is 0.309 e. The Kier molecular flexibility index (Phi) is 10.7. The molecule has 0 spiro atoms. The maximum Gasteiger partial charge on any atom is 0.171 e. The van der Waals surface area contributed by atoms with Crippen molar-refractivity contribution in [2.45, 2.75) is 12.8 Å². The summed E-state index contributed by atoms with van der Waals surface area (Å²) in [5, 5.41) is 4.48. The fraction of sp³-hybridized carbons (Fsp3) is 0.0357. The van der Waals surface area contributed by atoms with E-state index < -0.39 is 37.6 Å². The van der Waals surface area contributed by atoms with Crippen molar-refractivity contribution in [2.24, 2.45) is 0 Å². The molecule has 0 saturated heterocycles. The zero-order chi connectivity index (χ0) is 44.0. The van der Waals surface area contributed by atoms with Crippen molar-refractivity contribution < 1.29 is 26.7 Å². The molecular formula is C56H38F4O2P2. The molecule has 9 aromatic carbocycles. The summed E-state index contributed by atoms with van der Waals surface area (Å²) in [4.78, 5) is 0.